The number of phosphoric ester groups is 1. The van der Waals surface area contributed by atoms with Crippen LogP contribution in [-0.4, -0.2) is 98.9 Å². The van der Waals surface area contributed by atoms with E-state index in [1.807, 2.05) is 0 Å². The molecule has 13 heteroatoms. The first-order valence-corrected chi connectivity index (χ1v) is 28.3. The Hall–Kier alpha value is -1.44. The number of aliphatic hydroxyl groups is 5. The molecule has 66 heavy (non-hydrogen) atoms. The molecular weight excluding hydrogens is 860 g/mol. The van der Waals surface area contributed by atoms with Crippen LogP contribution in [0.3, 0.4) is 0 Å². The van der Waals surface area contributed by atoms with Gasteiger partial charge in [-0.2, -0.15) is 0 Å². The number of rotatable bonds is 46. The molecule has 0 radical (unpaired) electrons. The molecule has 0 aromatic rings. The fourth-order valence-electron chi connectivity index (χ4n) is 8.21. The Labute approximate surface area is 402 Å². The van der Waals surface area contributed by atoms with E-state index in [-0.39, 0.29) is 13.0 Å². The van der Waals surface area contributed by atoms with Crippen LogP contribution < -0.4 is 0 Å². The third-order valence-corrected chi connectivity index (χ3v) is 13.5. The van der Waals surface area contributed by atoms with Crippen molar-refractivity contribution >= 4 is 13.8 Å². The van der Waals surface area contributed by atoms with Gasteiger partial charge in [0.25, 0.3) is 0 Å². The Kier molecular flexibility index (Phi) is 41.3. The molecule has 6 N–H and O–H groups in total. The molecule has 388 valence electrons. The summed E-state index contributed by atoms with van der Waals surface area (Å²) in [5, 5.41) is 50.3. The van der Waals surface area contributed by atoms with Crippen molar-refractivity contribution in [2.24, 2.45) is 0 Å². The van der Waals surface area contributed by atoms with Crippen LogP contribution in [0, 0.1) is 0 Å². The Bertz CT molecular complexity index is 1230. The van der Waals surface area contributed by atoms with E-state index in [1.54, 1.807) is 0 Å². The smallest absolute Gasteiger partial charge is 0.457 e. The molecule has 12 nitrogen and oxygen atoms in total. The fourth-order valence-corrected chi connectivity index (χ4v) is 9.18. The van der Waals surface area contributed by atoms with E-state index in [2.05, 4.69) is 50.3 Å². The lowest BCUT2D eigenvalue weighted by Crippen LogP contribution is -2.64. The van der Waals surface area contributed by atoms with Crippen LogP contribution in [0.1, 0.15) is 232 Å². The van der Waals surface area contributed by atoms with Crippen LogP contribution >= 0.6 is 7.82 Å². The number of hydrogen-bond donors (Lipinski definition) is 6. The maximum atomic E-state index is 12.9. The second-order valence-corrected chi connectivity index (χ2v) is 20.1. The number of carbonyl (C=O) groups is 1. The van der Waals surface area contributed by atoms with Gasteiger partial charge in [0.1, 0.15) is 42.7 Å². The Balaban J connectivity index is 2.30. The molecule has 0 aromatic heterocycles. The van der Waals surface area contributed by atoms with E-state index >= 15 is 0 Å². The largest absolute Gasteiger partial charge is 0.472 e. The quantitative estimate of drug-likeness (QED) is 0.0147. The minimum absolute atomic E-state index is 0.0793. The Morgan fingerprint density at radius 1 is 0.485 bits per heavy atom. The summed E-state index contributed by atoms with van der Waals surface area (Å²) in [6.07, 6.45) is 40.7. The lowest BCUT2D eigenvalue weighted by atomic mass is 9.85. The summed E-state index contributed by atoms with van der Waals surface area (Å²) in [6.45, 7) is 4.26. The molecule has 0 aromatic carbocycles. The summed E-state index contributed by atoms with van der Waals surface area (Å²) >= 11 is 0. The van der Waals surface area contributed by atoms with Crippen molar-refractivity contribution in [1.29, 1.82) is 0 Å². The molecule has 0 bridgehead atoms. The number of allylic oxidation sites excluding steroid dienone is 6. The van der Waals surface area contributed by atoms with E-state index < -0.39 is 63.1 Å². The lowest BCUT2D eigenvalue weighted by molar-refractivity contribution is -0.220. The number of phosphoric acid groups is 1. The number of ether oxygens (including phenoxy) is 2. The molecular formula is C53H99O12P. The van der Waals surface area contributed by atoms with Crippen molar-refractivity contribution < 1.29 is 58.3 Å². The third kappa shape index (κ3) is 34.8. The van der Waals surface area contributed by atoms with E-state index in [4.69, 9.17) is 18.5 Å². The zero-order valence-corrected chi connectivity index (χ0v) is 42.6. The van der Waals surface area contributed by atoms with Crippen LogP contribution in [0.25, 0.3) is 0 Å². The van der Waals surface area contributed by atoms with Gasteiger partial charge in [-0.1, -0.05) is 192 Å². The van der Waals surface area contributed by atoms with E-state index in [0.29, 0.717) is 13.0 Å². The minimum Gasteiger partial charge on any atom is -0.457 e. The van der Waals surface area contributed by atoms with Gasteiger partial charge in [0, 0.05) is 13.0 Å². The van der Waals surface area contributed by atoms with Gasteiger partial charge in [0.2, 0.25) is 0 Å². The van der Waals surface area contributed by atoms with Gasteiger partial charge in [-0.25, -0.2) is 4.57 Å². The Morgan fingerprint density at radius 2 is 0.848 bits per heavy atom. The van der Waals surface area contributed by atoms with E-state index in [9.17, 15) is 39.8 Å². The maximum absolute atomic E-state index is 12.9. The zero-order chi connectivity index (χ0) is 48.4. The summed E-state index contributed by atoms with van der Waals surface area (Å²) in [5.41, 5.74) is 0. The molecule has 1 rings (SSSR count). The summed E-state index contributed by atoms with van der Waals surface area (Å²) < 4.78 is 34.3. The van der Waals surface area contributed by atoms with Gasteiger partial charge < -0.3 is 39.9 Å². The molecule has 6 atom stereocenters. The molecule has 0 amide bonds. The highest BCUT2D eigenvalue weighted by molar-refractivity contribution is 7.47. The van der Waals surface area contributed by atoms with Gasteiger partial charge in [-0.3, -0.25) is 13.8 Å². The van der Waals surface area contributed by atoms with Gasteiger partial charge >= 0.3 is 13.8 Å². The van der Waals surface area contributed by atoms with Crippen LogP contribution in [-0.2, 0) is 27.9 Å². The van der Waals surface area contributed by atoms with Crippen molar-refractivity contribution in [1.82, 2.24) is 0 Å². The first-order valence-electron chi connectivity index (χ1n) is 26.8. The van der Waals surface area contributed by atoms with Gasteiger partial charge in [-0.05, 0) is 70.6 Å². The second-order valence-electron chi connectivity index (χ2n) is 18.7. The van der Waals surface area contributed by atoms with Crippen LogP contribution in [0.15, 0.2) is 36.5 Å². The molecule has 0 saturated heterocycles. The first kappa shape index (κ1) is 62.6. The second kappa shape index (κ2) is 43.6. The average Bonchev–Trinajstić information content (AvgIpc) is 3.30. The standard InChI is InChI=1S/C53H99O12P/c1-3-5-7-9-11-13-15-17-19-20-21-22-23-24-25-26-27-29-31-33-35-37-39-41-43-62-44-46(45-63-66(60,61)65-53-51(58)49(56)48(55)50(57)52(53)59)64-47(54)42-40-38-36-34-32-30-28-18-16-14-12-10-8-6-4-2/h15,17-18,20-21,28,46,48-53,55-59H,3-14,16,19,22-27,29-45H2,1-2H3,(H,60,61)/b17-15-,21-20-,28-18-. The van der Waals surface area contributed by atoms with Crippen molar-refractivity contribution in [2.75, 3.05) is 19.8 Å². The highest BCUT2D eigenvalue weighted by Gasteiger charge is 2.51. The first-order chi connectivity index (χ1) is 32.0. The number of hydrogen-bond acceptors (Lipinski definition) is 11. The van der Waals surface area contributed by atoms with Crippen LogP contribution in [0.5, 0.6) is 0 Å². The summed E-state index contributed by atoms with van der Waals surface area (Å²) in [7, 11) is -5.02. The molecule has 0 heterocycles. The number of carbonyl (C=O) groups excluding carboxylic acids is 1. The van der Waals surface area contributed by atoms with Crippen LogP contribution in [0.4, 0.5) is 0 Å². The Morgan fingerprint density at radius 3 is 1.29 bits per heavy atom. The predicted octanol–water partition coefficient (Wildman–Crippen LogP) is 12.2. The maximum Gasteiger partial charge on any atom is 0.472 e. The average molecular weight is 959 g/mol. The van der Waals surface area contributed by atoms with Gasteiger partial charge in [-0.15, -0.1) is 0 Å². The molecule has 0 aliphatic heterocycles. The number of unbranched alkanes of at least 4 members (excludes halogenated alkanes) is 28. The summed E-state index contributed by atoms with van der Waals surface area (Å²) in [6, 6.07) is 0. The monoisotopic (exact) mass is 959 g/mol. The van der Waals surface area contributed by atoms with Crippen molar-refractivity contribution in [3.05, 3.63) is 36.5 Å². The molecule has 1 aliphatic carbocycles. The summed E-state index contributed by atoms with van der Waals surface area (Å²) in [5.74, 6) is -0.484. The third-order valence-electron chi connectivity index (χ3n) is 12.5. The fraction of sp³-hybridized carbons (Fsp3) is 0.868. The minimum atomic E-state index is -5.02. The zero-order valence-electron chi connectivity index (χ0n) is 41.7. The van der Waals surface area contributed by atoms with Gasteiger partial charge in [0.05, 0.1) is 13.2 Å². The van der Waals surface area contributed by atoms with Gasteiger partial charge in [0.15, 0.2) is 0 Å². The summed E-state index contributed by atoms with van der Waals surface area (Å²) in [4.78, 5) is 23.2. The SMILES string of the molecule is CCCCCCC/C=C\C/C=C\CCCCCCCCCCCCCCOCC(COP(=O)(O)OC1C(O)C(O)C(O)C(O)C1O)OC(=O)CCCCCCC/C=C\CCCCCCCC. The number of esters is 1. The van der Waals surface area contributed by atoms with Crippen molar-refractivity contribution in [3.8, 4) is 0 Å². The van der Waals surface area contributed by atoms with Crippen LogP contribution in [0.2, 0.25) is 0 Å². The van der Waals surface area contributed by atoms with Crippen molar-refractivity contribution in [3.63, 3.8) is 0 Å². The van der Waals surface area contributed by atoms with E-state index in [1.165, 1.54) is 141 Å². The molecule has 0 spiro atoms. The topological polar surface area (TPSA) is 192 Å². The normalized spacial score (nSPS) is 21.6. The van der Waals surface area contributed by atoms with Crippen molar-refractivity contribution in [2.45, 2.75) is 275 Å². The lowest BCUT2D eigenvalue weighted by Gasteiger charge is -2.41. The predicted molar refractivity (Wildman–Crippen MR) is 267 cm³/mol. The molecule has 1 fully saturated rings. The number of aliphatic hydroxyl groups excluding tert-OH is 5. The molecule has 6 unspecified atom stereocenters. The molecule has 1 aliphatic rings. The highest BCUT2D eigenvalue weighted by atomic mass is 31.2. The highest BCUT2D eigenvalue weighted by Crippen LogP contribution is 2.47. The van der Waals surface area contributed by atoms with E-state index in [0.717, 1.165) is 64.2 Å². The molecule has 1 saturated carbocycles.